The molecule has 0 saturated carbocycles. The van der Waals surface area contributed by atoms with E-state index < -0.39 is 0 Å². The van der Waals surface area contributed by atoms with Gasteiger partial charge in [0.25, 0.3) is 0 Å². The predicted octanol–water partition coefficient (Wildman–Crippen LogP) is 6.59. The Labute approximate surface area is 141 Å². The number of halogens is 1. The maximum absolute atomic E-state index is 11.7. The van der Waals surface area contributed by atoms with E-state index in [1.807, 2.05) is 69.3 Å². The fourth-order valence-corrected chi connectivity index (χ4v) is 1.91. The number of alkyl halides is 1. The molecule has 0 aliphatic rings. The predicted molar refractivity (Wildman–Crippen MR) is 102 cm³/mol. The number of hydrogen-bond acceptors (Lipinski definition) is 0. The van der Waals surface area contributed by atoms with Gasteiger partial charge in [0.2, 0.25) is 0 Å². The highest BCUT2D eigenvalue weighted by Gasteiger charge is 1.91. The lowest BCUT2D eigenvalue weighted by molar-refractivity contribution is 0.495. The van der Waals surface area contributed by atoms with Crippen LogP contribution in [0.15, 0.2) is 85.0 Å². The van der Waals surface area contributed by atoms with Crippen molar-refractivity contribution in [3.05, 3.63) is 96.1 Å². The van der Waals surface area contributed by atoms with Crippen molar-refractivity contribution in [1.29, 1.82) is 0 Å². The summed E-state index contributed by atoms with van der Waals surface area (Å²) in [5, 5.41) is 0. The third-order valence-corrected chi connectivity index (χ3v) is 2.90. The summed E-state index contributed by atoms with van der Waals surface area (Å²) >= 11 is 0. The van der Waals surface area contributed by atoms with Gasteiger partial charge in [-0.1, -0.05) is 98.8 Å². The first-order valence-electron chi connectivity index (χ1n) is 8.20. The molecule has 1 heteroatoms. The smallest absolute Gasteiger partial charge is 0.0934 e. The number of rotatable bonds is 5. The summed E-state index contributed by atoms with van der Waals surface area (Å²) in [5.41, 5.74) is 3.55. The standard InChI is InChI=1S/C12H14.C8H9F.C2H6/c1-3-7-11(2)10-12-8-5-4-6-9-12;9-7-6-8-4-2-1-3-5-8;1-2/h3-9H,2,10H2,1H3;1-5H,6-7H2;1-2H3/b7-3-;;. The lowest BCUT2D eigenvalue weighted by Crippen LogP contribution is -1.84. The molecule has 0 spiro atoms. The van der Waals surface area contributed by atoms with Gasteiger partial charge >= 0.3 is 0 Å². The molecular weight excluding hydrogens is 283 g/mol. The molecule has 0 amide bonds. The van der Waals surface area contributed by atoms with Crippen molar-refractivity contribution in [2.45, 2.75) is 33.6 Å². The largest absolute Gasteiger partial charge is 0.251 e. The van der Waals surface area contributed by atoms with Crippen LogP contribution in [-0.4, -0.2) is 6.67 Å². The Morgan fingerprint density at radius 3 is 1.83 bits per heavy atom. The molecular formula is C22H29F. The van der Waals surface area contributed by atoms with E-state index in [2.05, 4.69) is 30.8 Å². The number of benzene rings is 2. The molecule has 0 unspecified atom stereocenters. The molecule has 0 atom stereocenters. The van der Waals surface area contributed by atoms with Gasteiger partial charge < -0.3 is 0 Å². The Balaban J connectivity index is 0.000000392. The van der Waals surface area contributed by atoms with Gasteiger partial charge in [0.1, 0.15) is 0 Å². The number of hydrogen-bond donors (Lipinski definition) is 0. The summed E-state index contributed by atoms with van der Waals surface area (Å²) in [5.74, 6) is 0. The SMILES string of the molecule is C=C(/C=C\C)Cc1ccccc1.CC.FCCc1ccccc1. The summed E-state index contributed by atoms with van der Waals surface area (Å²) in [6.07, 6.45) is 5.56. The van der Waals surface area contributed by atoms with E-state index in [1.54, 1.807) is 0 Å². The van der Waals surface area contributed by atoms with Gasteiger partial charge in [-0.25, -0.2) is 0 Å². The third kappa shape index (κ3) is 11.1. The van der Waals surface area contributed by atoms with Crippen molar-refractivity contribution >= 4 is 0 Å². The van der Waals surface area contributed by atoms with E-state index in [9.17, 15) is 4.39 Å². The van der Waals surface area contributed by atoms with Crippen LogP contribution in [0.3, 0.4) is 0 Å². The Morgan fingerprint density at radius 2 is 1.39 bits per heavy atom. The molecule has 2 aromatic carbocycles. The lowest BCUT2D eigenvalue weighted by atomic mass is 10.1. The van der Waals surface area contributed by atoms with Crippen molar-refractivity contribution in [1.82, 2.24) is 0 Å². The fraction of sp³-hybridized carbons (Fsp3) is 0.273. The number of allylic oxidation sites excluding steroid dienone is 3. The van der Waals surface area contributed by atoms with Crippen molar-refractivity contribution in [3.63, 3.8) is 0 Å². The van der Waals surface area contributed by atoms with Crippen molar-refractivity contribution in [2.24, 2.45) is 0 Å². The monoisotopic (exact) mass is 312 g/mol. The Hall–Kier alpha value is -2.15. The van der Waals surface area contributed by atoms with Crippen molar-refractivity contribution in [3.8, 4) is 0 Å². The summed E-state index contributed by atoms with van der Waals surface area (Å²) < 4.78 is 11.7. The zero-order valence-corrected chi connectivity index (χ0v) is 14.6. The van der Waals surface area contributed by atoms with Crippen LogP contribution in [0.5, 0.6) is 0 Å². The van der Waals surface area contributed by atoms with Crippen LogP contribution in [0.1, 0.15) is 31.9 Å². The lowest BCUT2D eigenvalue weighted by Gasteiger charge is -1.99. The average molecular weight is 312 g/mol. The van der Waals surface area contributed by atoms with Crippen LogP contribution >= 0.6 is 0 Å². The van der Waals surface area contributed by atoms with Gasteiger partial charge in [0, 0.05) is 6.42 Å². The Bertz CT molecular complexity index is 526. The minimum atomic E-state index is -0.260. The van der Waals surface area contributed by atoms with Gasteiger partial charge in [-0.05, 0) is 24.5 Å². The molecule has 0 aliphatic heterocycles. The molecule has 0 radical (unpaired) electrons. The molecule has 0 nitrogen and oxygen atoms in total. The highest BCUT2D eigenvalue weighted by Crippen LogP contribution is 2.06. The van der Waals surface area contributed by atoms with Crippen LogP contribution in [-0.2, 0) is 12.8 Å². The van der Waals surface area contributed by atoms with E-state index in [1.165, 1.54) is 5.56 Å². The van der Waals surface area contributed by atoms with Crippen LogP contribution < -0.4 is 0 Å². The normalized spacial score (nSPS) is 9.39. The Kier molecular flexibility index (Phi) is 13.4. The molecule has 0 N–H and O–H groups in total. The highest BCUT2D eigenvalue weighted by atomic mass is 19.1. The second-order valence-corrected chi connectivity index (χ2v) is 4.75. The van der Waals surface area contributed by atoms with Crippen LogP contribution in [0.4, 0.5) is 4.39 Å². The van der Waals surface area contributed by atoms with Gasteiger partial charge in [0.15, 0.2) is 0 Å². The van der Waals surface area contributed by atoms with Gasteiger partial charge in [0.05, 0.1) is 6.67 Å². The molecule has 0 heterocycles. The first kappa shape index (κ1) is 20.9. The summed E-state index contributed by atoms with van der Waals surface area (Å²) in [6.45, 7) is 9.70. The molecule has 0 aliphatic carbocycles. The maximum atomic E-state index is 11.7. The zero-order chi connectivity index (χ0) is 17.3. The van der Waals surface area contributed by atoms with Crippen molar-refractivity contribution in [2.75, 3.05) is 6.67 Å². The first-order chi connectivity index (χ1) is 11.3. The summed E-state index contributed by atoms with van der Waals surface area (Å²) in [6, 6.07) is 20.0. The molecule has 2 rings (SSSR count). The van der Waals surface area contributed by atoms with Gasteiger partial charge in [-0.2, -0.15) is 0 Å². The maximum Gasteiger partial charge on any atom is 0.0934 e. The van der Waals surface area contributed by atoms with Crippen LogP contribution in [0.2, 0.25) is 0 Å². The molecule has 124 valence electrons. The number of aryl methyl sites for hydroxylation is 1. The van der Waals surface area contributed by atoms with E-state index in [0.717, 1.165) is 17.6 Å². The first-order valence-corrected chi connectivity index (χ1v) is 8.20. The summed E-state index contributed by atoms with van der Waals surface area (Å²) in [7, 11) is 0. The molecule has 0 bridgehead atoms. The second kappa shape index (κ2) is 14.8. The van der Waals surface area contributed by atoms with E-state index >= 15 is 0 Å². The molecule has 2 aromatic rings. The molecule has 0 saturated heterocycles. The topological polar surface area (TPSA) is 0 Å². The third-order valence-electron chi connectivity index (χ3n) is 2.90. The molecule has 0 aromatic heterocycles. The zero-order valence-electron chi connectivity index (χ0n) is 14.6. The highest BCUT2D eigenvalue weighted by molar-refractivity contribution is 5.25. The molecule has 0 fully saturated rings. The van der Waals surface area contributed by atoms with Gasteiger partial charge in [-0.15, -0.1) is 0 Å². The molecule has 23 heavy (non-hydrogen) atoms. The average Bonchev–Trinajstić information content (AvgIpc) is 2.60. The van der Waals surface area contributed by atoms with Crippen LogP contribution in [0, 0.1) is 0 Å². The Morgan fingerprint density at radius 1 is 0.913 bits per heavy atom. The van der Waals surface area contributed by atoms with E-state index in [0.29, 0.717) is 6.42 Å². The second-order valence-electron chi connectivity index (χ2n) is 4.75. The fourth-order valence-electron chi connectivity index (χ4n) is 1.91. The van der Waals surface area contributed by atoms with E-state index in [-0.39, 0.29) is 6.67 Å². The quantitative estimate of drug-likeness (QED) is 0.546. The summed E-state index contributed by atoms with van der Waals surface area (Å²) in [4.78, 5) is 0. The van der Waals surface area contributed by atoms with E-state index in [4.69, 9.17) is 0 Å². The van der Waals surface area contributed by atoms with Gasteiger partial charge in [-0.3, -0.25) is 4.39 Å². The minimum absolute atomic E-state index is 0.260. The van der Waals surface area contributed by atoms with Crippen molar-refractivity contribution < 1.29 is 4.39 Å². The minimum Gasteiger partial charge on any atom is -0.251 e. The van der Waals surface area contributed by atoms with Crippen LogP contribution in [0.25, 0.3) is 0 Å².